The molecule has 4 rings (SSSR count). The van der Waals surface area contributed by atoms with Crippen molar-refractivity contribution in [3.8, 4) is 17.0 Å². The maximum Gasteiger partial charge on any atom is 0.317 e. The highest BCUT2D eigenvalue weighted by Gasteiger charge is 2.20. The summed E-state index contributed by atoms with van der Waals surface area (Å²) >= 11 is 6.53. The summed E-state index contributed by atoms with van der Waals surface area (Å²) < 4.78 is 20.0. The SMILES string of the molecule is O=C(O)CN1CCc2nc(OCc3cccc(-c4ccccc4F)c3Cl)ccc2C1. The Morgan fingerprint density at radius 2 is 1.93 bits per heavy atom. The molecule has 0 fully saturated rings. The number of rotatable bonds is 6. The molecule has 0 bridgehead atoms. The zero-order valence-electron chi connectivity index (χ0n) is 16.1. The van der Waals surface area contributed by atoms with Gasteiger partial charge in [0.2, 0.25) is 5.88 Å². The van der Waals surface area contributed by atoms with Gasteiger partial charge in [0.05, 0.1) is 17.3 Å². The van der Waals surface area contributed by atoms with Gasteiger partial charge in [-0.3, -0.25) is 9.69 Å². The molecule has 0 aliphatic carbocycles. The van der Waals surface area contributed by atoms with Crippen molar-refractivity contribution in [3.05, 3.63) is 82.3 Å². The lowest BCUT2D eigenvalue weighted by Crippen LogP contribution is -2.35. The molecule has 0 saturated carbocycles. The first-order valence-corrected chi connectivity index (χ1v) is 9.97. The molecule has 1 aliphatic heterocycles. The molecule has 0 amide bonds. The van der Waals surface area contributed by atoms with Crippen LogP contribution in [-0.2, 0) is 24.4 Å². The Labute approximate surface area is 178 Å². The maximum absolute atomic E-state index is 14.2. The van der Waals surface area contributed by atoms with Gasteiger partial charge in [-0.05, 0) is 11.6 Å². The van der Waals surface area contributed by atoms with Crippen LogP contribution in [0.2, 0.25) is 5.02 Å². The molecule has 1 aromatic heterocycles. The lowest BCUT2D eigenvalue weighted by atomic mass is 10.0. The second-order valence-electron chi connectivity index (χ2n) is 7.16. The fraction of sp³-hybridized carbons (Fsp3) is 0.217. The van der Waals surface area contributed by atoms with Crippen molar-refractivity contribution in [2.24, 2.45) is 0 Å². The maximum atomic E-state index is 14.2. The van der Waals surface area contributed by atoms with Crippen LogP contribution in [0.25, 0.3) is 11.1 Å². The van der Waals surface area contributed by atoms with E-state index in [0.29, 0.717) is 41.5 Å². The molecule has 3 aromatic rings. The molecule has 2 heterocycles. The highest BCUT2D eigenvalue weighted by atomic mass is 35.5. The second-order valence-corrected chi connectivity index (χ2v) is 7.53. The Morgan fingerprint density at radius 3 is 2.73 bits per heavy atom. The number of fused-ring (bicyclic) bond motifs is 1. The van der Waals surface area contributed by atoms with Crippen molar-refractivity contribution in [2.45, 2.75) is 19.6 Å². The van der Waals surface area contributed by atoms with E-state index >= 15 is 0 Å². The fourth-order valence-corrected chi connectivity index (χ4v) is 3.87. The number of aliphatic carboxylic acids is 1. The lowest BCUT2D eigenvalue weighted by molar-refractivity contribution is -0.138. The van der Waals surface area contributed by atoms with Crippen LogP contribution in [0.3, 0.4) is 0 Å². The van der Waals surface area contributed by atoms with E-state index in [1.54, 1.807) is 30.3 Å². The predicted octanol–water partition coefficient (Wildman–Crippen LogP) is 4.56. The number of ether oxygens (including phenoxy) is 1. The summed E-state index contributed by atoms with van der Waals surface area (Å²) in [6.45, 7) is 1.43. The number of hydrogen-bond donors (Lipinski definition) is 1. The van der Waals surface area contributed by atoms with E-state index < -0.39 is 5.97 Å². The Kier molecular flexibility index (Phi) is 5.97. The van der Waals surface area contributed by atoms with Gasteiger partial charge in [0.25, 0.3) is 0 Å². The average molecular weight is 427 g/mol. The first-order chi connectivity index (χ1) is 14.5. The molecule has 5 nitrogen and oxygen atoms in total. The lowest BCUT2D eigenvalue weighted by Gasteiger charge is -2.26. The molecule has 154 valence electrons. The van der Waals surface area contributed by atoms with Crippen LogP contribution in [0.5, 0.6) is 5.88 Å². The quantitative estimate of drug-likeness (QED) is 0.626. The van der Waals surface area contributed by atoms with Gasteiger partial charge in [0.15, 0.2) is 0 Å². The van der Waals surface area contributed by atoms with Crippen molar-refractivity contribution in [2.75, 3.05) is 13.1 Å². The van der Waals surface area contributed by atoms with Crippen LogP contribution in [0.15, 0.2) is 54.6 Å². The molecule has 30 heavy (non-hydrogen) atoms. The Hall–Kier alpha value is -2.96. The van der Waals surface area contributed by atoms with Crippen molar-refractivity contribution in [3.63, 3.8) is 0 Å². The average Bonchev–Trinajstić information content (AvgIpc) is 2.73. The zero-order chi connectivity index (χ0) is 21.1. The normalized spacial score (nSPS) is 13.7. The third-order valence-electron chi connectivity index (χ3n) is 5.08. The van der Waals surface area contributed by atoms with E-state index in [0.717, 1.165) is 16.8 Å². The summed E-state index contributed by atoms with van der Waals surface area (Å²) in [4.78, 5) is 17.3. The smallest absolute Gasteiger partial charge is 0.317 e. The number of benzene rings is 2. The zero-order valence-corrected chi connectivity index (χ0v) is 16.9. The van der Waals surface area contributed by atoms with Crippen molar-refractivity contribution in [1.82, 2.24) is 9.88 Å². The van der Waals surface area contributed by atoms with E-state index in [1.165, 1.54) is 6.07 Å². The van der Waals surface area contributed by atoms with Gasteiger partial charge in [-0.25, -0.2) is 9.37 Å². The molecule has 0 unspecified atom stereocenters. The third-order valence-corrected chi connectivity index (χ3v) is 5.53. The summed E-state index contributed by atoms with van der Waals surface area (Å²) in [7, 11) is 0. The van der Waals surface area contributed by atoms with Gasteiger partial charge < -0.3 is 9.84 Å². The van der Waals surface area contributed by atoms with Gasteiger partial charge >= 0.3 is 5.97 Å². The minimum absolute atomic E-state index is 0.0224. The molecule has 1 aliphatic rings. The van der Waals surface area contributed by atoms with Crippen LogP contribution < -0.4 is 4.74 Å². The standard InChI is InChI=1S/C23H20ClFN2O3/c24-23-16(4-3-6-18(23)17-5-1-2-7-19(17)25)14-30-21-9-8-15-12-27(13-22(28)29)11-10-20(15)26-21/h1-9H,10-14H2,(H,28,29). The van der Waals surface area contributed by atoms with Gasteiger partial charge in [0.1, 0.15) is 12.4 Å². The molecule has 1 N–H and O–H groups in total. The minimum Gasteiger partial charge on any atom is -0.480 e. The van der Waals surface area contributed by atoms with E-state index in [9.17, 15) is 9.18 Å². The van der Waals surface area contributed by atoms with Crippen molar-refractivity contribution in [1.29, 1.82) is 0 Å². The first kappa shape index (κ1) is 20.3. The van der Waals surface area contributed by atoms with Gasteiger partial charge in [-0.15, -0.1) is 0 Å². The molecule has 0 atom stereocenters. The van der Waals surface area contributed by atoms with Crippen molar-refractivity contribution < 1.29 is 19.0 Å². The summed E-state index contributed by atoms with van der Waals surface area (Å²) in [5.74, 6) is -0.681. The minimum atomic E-state index is -0.833. The summed E-state index contributed by atoms with van der Waals surface area (Å²) in [5.41, 5.74) is 3.73. The van der Waals surface area contributed by atoms with Gasteiger partial charge in [-0.1, -0.05) is 54.1 Å². The van der Waals surface area contributed by atoms with Crippen LogP contribution in [0.1, 0.15) is 16.8 Å². The van der Waals surface area contributed by atoms with Crippen LogP contribution in [0, 0.1) is 5.82 Å². The molecular weight excluding hydrogens is 407 g/mol. The number of aromatic nitrogens is 1. The number of carboxylic acid groups (broad SMARTS) is 1. The van der Waals surface area contributed by atoms with Crippen LogP contribution >= 0.6 is 11.6 Å². The Morgan fingerprint density at radius 1 is 1.13 bits per heavy atom. The topological polar surface area (TPSA) is 62.7 Å². The monoisotopic (exact) mass is 426 g/mol. The van der Waals surface area contributed by atoms with Gasteiger partial charge in [0, 0.05) is 42.3 Å². The van der Waals surface area contributed by atoms with E-state index in [-0.39, 0.29) is 19.0 Å². The first-order valence-electron chi connectivity index (χ1n) is 9.59. The highest BCUT2D eigenvalue weighted by Crippen LogP contribution is 2.33. The predicted molar refractivity (Wildman–Crippen MR) is 112 cm³/mol. The molecule has 0 spiro atoms. The number of halogens is 2. The summed E-state index contributed by atoms with van der Waals surface area (Å²) in [6.07, 6.45) is 0.670. The number of nitrogens with zero attached hydrogens (tertiary/aromatic N) is 2. The van der Waals surface area contributed by atoms with Gasteiger partial charge in [-0.2, -0.15) is 0 Å². The molecule has 0 radical (unpaired) electrons. The largest absolute Gasteiger partial charge is 0.480 e. The molecule has 7 heteroatoms. The fourth-order valence-electron chi connectivity index (χ4n) is 3.59. The molecular formula is C23H20ClFN2O3. The van der Waals surface area contributed by atoms with E-state index in [2.05, 4.69) is 4.98 Å². The molecule has 2 aromatic carbocycles. The third kappa shape index (κ3) is 4.45. The van der Waals surface area contributed by atoms with E-state index in [1.807, 2.05) is 23.1 Å². The number of carboxylic acids is 1. The van der Waals surface area contributed by atoms with Crippen LogP contribution in [0.4, 0.5) is 4.39 Å². The summed E-state index contributed by atoms with van der Waals surface area (Å²) in [6, 6.07) is 15.7. The Bertz CT molecular complexity index is 1090. The Balaban J connectivity index is 1.48. The van der Waals surface area contributed by atoms with E-state index in [4.69, 9.17) is 21.4 Å². The highest BCUT2D eigenvalue weighted by molar-refractivity contribution is 6.34. The number of carbonyl (C=O) groups is 1. The number of pyridine rings is 1. The molecule has 0 saturated heterocycles. The number of hydrogen-bond acceptors (Lipinski definition) is 4. The van der Waals surface area contributed by atoms with Crippen molar-refractivity contribution >= 4 is 17.6 Å². The summed E-state index contributed by atoms with van der Waals surface area (Å²) in [5, 5.41) is 9.41. The second kappa shape index (κ2) is 8.81. The van der Waals surface area contributed by atoms with Crippen LogP contribution in [-0.4, -0.2) is 34.0 Å².